The number of aromatic nitrogens is 1. The summed E-state index contributed by atoms with van der Waals surface area (Å²) < 4.78 is 18.9. The molecule has 0 saturated carbocycles. The molecule has 0 bridgehead atoms. The fraction of sp³-hybridized carbons (Fsp3) is 0.267. The Morgan fingerprint density at radius 1 is 1.39 bits per heavy atom. The Labute approximate surface area is 135 Å². The van der Waals surface area contributed by atoms with E-state index >= 15 is 0 Å². The number of hydrogen-bond donors (Lipinski definition) is 1. The van der Waals surface area contributed by atoms with Crippen LogP contribution in [0.1, 0.15) is 10.5 Å². The lowest BCUT2D eigenvalue weighted by Gasteiger charge is -2.30. The summed E-state index contributed by atoms with van der Waals surface area (Å²) in [5.41, 5.74) is 0.515. The van der Waals surface area contributed by atoms with Crippen LogP contribution in [0.25, 0.3) is 10.6 Å². The van der Waals surface area contributed by atoms with Crippen molar-refractivity contribution in [2.75, 3.05) is 19.7 Å². The van der Waals surface area contributed by atoms with Gasteiger partial charge in [-0.2, -0.15) is 0 Å². The van der Waals surface area contributed by atoms with Gasteiger partial charge in [0, 0.05) is 17.5 Å². The highest BCUT2D eigenvalue weighted by molar-refractivity contribution is 7.13. The van der Waals surface area contributed by atoms with Crippen LogP contribution >= 0.6 is 11.3 Å². The van der Waals surface area contributed by atoms with Crippen molar-refractivity contribution in [1.82, 2.24) is 9.88 Å². The molecule has 0 unspecified atom stereocenters. The number of ether oxygens (including phenoxy) is 1. The highest BCUT2D eigenvalue weighted by Gasteiger charge is 2.30. The van der Waals surface area contributed by atoms with Crippen molar-refractivity contribution >= 4 is 23.2 Å². The molecule has 23 heavy (non-hydrogen) atoms. The van der Waals surface area contributed by atoms with Gasteiger partial charge in [0.05, 0.1) is 13.2 Å². The van der Waals surface area contributed by atoms with Crippen molar-refractivity contribution in [3.8, 4) is 10.6 Å². The highest BCUT2D eigenvalue weighted by Crippen LogP contribution is 2.26. The molecule has 0 radical (unpaired) electrons. The number of carbonyl (C=O) groups excluding carboxylic acids is 1. The second-order valence-electron chi connectivity index (χ2n) is 4.97. The summed E-state index contributed by atoms with van der Waals surface area (Å²) in [5.74, 6) is -1.88. The number of thiazole rings is 1. The second-order valence-corrected chi connectivity index (χ2v) is 5.82. The molecule has 0 aliphatic carbocycles. The van der Waals surface area contributed by atoms with Gasteiger partial charge in [0.2, 0.25) is 0 Å². The second kappa shape index (κ2) is 6.43. The van der Waals surface area contributed by atoms with Crippen LogP contribution in [0.3, 0.4) is 0 Å². The predicted octanol–water partition coefficient (Wildman–Crippen LogP) is 1.87. The quantitative estimate of drug-likeness (QED) is 0.926. The number of morpholine rings is 1. The molecule has 1 aromatic heterocycles. The molecule has 120 valence electrons. The van der Waals surface area contributed by atoms with Gasteiger partial charge < -0.3 is 14.7 Å². The van der Waals surface area contributed by atoms with Gasteiger partial charge >= 0.3 is 5.97 Å². The minimum atomic E-state index is -1.10. The van der Waals surface area contributed by atoms with E-state index in [4.69, 9.17) is 9.84 Å². The Morgan fingerprint density at radius 3 is 2.91 bits per heavy atom. The number of carbonyl (C=O) groups is 2. The van der Waals surface area contributed by atoms with Gasteiger partial charge in [0.1, 0.15) is 16.5 Å². The predicted molar refractivity (Wildman–Crippen MR) is 80.8 cm³/mol. The zero-order chi connectivity index (χ0) is 16.4. The Hall–Kier alpha value is -2.32. The van der Waals surface area contributed by atoms with E-state index in [9.17, 15) is 14.0 Å². The number of nitrogens with zero attached hydrogens (tertiary/aromatic N) is 2. The molecule has 1 fully saturated rings. The number of hydrogen-bond acceptors (Lipinski definition) is 5. The van der Waals surface area contributed by atoms with Crippen molar-refractivity contribution in [3.05, 3.63) is 41.2 Å². The fourth-order valence-corrected chi connectivity index (χ4v) is 3.10. The summed E-state index contributed by atoms with van der Waals surface area (Å²) in [6.45, 7) is 0.433. The number of carboxylic acid groups (broad SMARTS) is 1. The average molecular weight is 336 g/mol. The lowest BCUT2D eigenvalue weighted by atomic mass is 10.2. The van der Waals surface area contributed by atoms with E-state index in [1.165, 1.54) is 22.3 Å². The Morgan fingerprint density at radius 2 is 2.17 bits per heavy atom. The molecule has 6 nitrogen and oxygen atoms in total. The molecule has 1 saturated heterocycles. The maximum Gasteiger partial charge on any atom is 0.334 e. The normalized spacial score (nSPS) is 18.0. The number of carboxylic acids is 1. The summed E-state index contributed by atoms with van der Waals surface area (Å²) in [6.07, 6.45) is -1.03. The van der Waals surface area contributed by atoms with E-state index in [-0.39, 0.29) is 24.8 Å². The summed E-state index contributed by atoms with van der Waals surface area (Å²) in [4.78, 5) is 29.0. The lowest BCUT2D eigenvalue weighted by molar-refractivity contribution is -0.154. The maximum absolute atomic E-state index is 13.8. The zero-order valence-electron chi connectivity index (χ0n) is 11.9. The lowest BCUT2D eigenvalue weighted by Crippen LogP contribution is -2.48. The molecule has 1 aromatic carbocycles. The molecule has 3 rings (SSSR count). The van der Waals surface area contributed by atoms with E-state index in [1.54, 1.807) is 23.6 Å². The zero-order valence-corrected chi connectivity index (χ0v) is 12.8. The van der Waals surface area contributed by atoms with Crippen molar-refractivity contribution < 1.29 is 23.8 Å². The van der Waals surface area contributed by atoms with Gasteiger partial charge in [-0.1, -0.05) is 12.1 Å². The van der Waals surface area contributed by atoms with Crippen LogP contribution in [0.2, 0.25) is 0 Å². The number of halogens is 1. The Bertz CT molecular complexity index is 749. The van der Waals surface area contributed by atoms with Crippen molar-refractivity contribution in [1.29, 1.82) is 0 Å². The third kappa shape index (κ3) is 3.22. The van der Waals surface area contributed by atoms with Crippen LogP contribution in [-0.2, 0) is 9.53 Å². The minimum absolute atomic E-state index is 0.0271. The number of benzene rings is 1. The van der Waals surface area contributed by atoms with Crippen LogP contribution in [0, 0.1) is 5.82 Å². The van der Waals surface area contributed by atoms with Gasteiger partial charge in [-0.05, 0) is 12.1 Å². The summed E-state index contributed by atoms with van der Waals surface area (Å²) in [7, 11) is 0. The SMILES string of the molecule is O=C(O)[C@H]1CN(C(=O)c2csc(-c3ccccc3F)n2)CCO1. The van der Waals surface area contributed by atoms with Crippen LogP contribution in [-0.4, -0.2) is 52.7 Å². The van der Waals surface area contributed by atoms with Gasteiger partial charge in [-0.25, -0.2) is 14.2 Å². The molecule has 1 aliphatic rings. The van der Waals surface area contributed by atoms with E-state index in [1.807, 2.05) is 0 Å². The van der Waals surface area contributed by atoms with Gasteiger partial charge in [0.25, 0.3) is 5.91 Å². The molecule has 8 heteroatoms. The first-order chi connectivity index (χ1) is 11.1. The van der Waals surface area contributed by atoms with Crippen LogP contribution in [0.15, 0.2) is 29.6 Å². The first-order valence-electron chi connectivity index (χ1n) is 6.90. The Kier molecular flexibility index (Phi) is 4.35. The first-order valence-corrected chi connectivity index (χ1v) is 7.78. The van der Waals surface area contributed by atoms with Gasteiger partial charge in [-0.15, -0.1) is 11.3 Å². The molecular weight excluding hydrogens is 323 g/mol. The highest BCUT2D eigenvalue weighted by atomic mass is 32.1. The third-order valence-electron chi connectivity index (χ3n) is 3.46. The molecule has 2 aromatic rings. The van der Waals surface area contributed by atoms with E-state index in [2.05, 4.69) is 4.98 Å². The van der Waals surface area contributed by atoms with E-state index < -0.39 is 17.9 Å². The molecular formula is C15H13FN2O4S. The van der Waals surface area contributed by atoms with Crippen molar-refractivity contribution in [2.45, 2.75) is 6.10 Å². The molecule has 1 N–H and O–H groups in total. The number of amides is 1. The van der Waals surface area contributed by atoms with Crippen LogP contribution in [0.5, 0.6) is 0 Å². The summed E-state index contributed by atoms with van der Waals surface area (Å²) in [6, 6.07) is 6.20. The maximum atomic E-state index is 13.8. The molecule has 2 heterocycles. The van der Waals surface area contributed by atoms with E-state index in [0.29, 0.717) is 17.1 Å². The van der Waals surface area contributed by atoms with Gasteiger partial charge in [-0.3, -0.25) is 4.79 Å². The number of aliphatic carboxylic acids is 1. The summed E-state index contributed by atoms with van der Waals surface area (Å²) >= 11 is 1.17. The largest absolute Gasteiger partial charge is 0.479 e. The van der Waals surface area contributed by atoms with Crippen molar-refractivity contribution in [2.24, 2.45) is 0 Å². The molecule has 1 atom stereocenters. The fourth-order valence-electron chi connectivity index (χ4n) is 2.28. The monoisotopic (exact) mass is 336 g/mol. The third-order valence-corrected chi connectivity index (χ3v) is 4.33. The van der Waals surface area contributed by atoms with E-state index in [0.717, 1.165) is 0 Å². The Balaban J connectivity index is 1.79. The molecule has 1 amide bonds. The van der Waals surface area contributed by atoms with Crippen LogP contribution < -0.4 is 0 Å². The number of rotatable bonds is 3. The smallest absolute Gasteiger partial charge is 0.334 e. The molecule has 0 spiro atoms. The van der Waals surface area contributed by atoms with Crippen LogP contribution in [0.4, 0.5) is 4.39 Å². The minimum Gasteiger partial charge on any atom is -0.479 e. The average Bonchev–Trinajstić information content (AvgIpc) is 3.04. The standard InChI is InChI=1S/C15H13FN2O4S/c16-10-4-2-1-3-9(10)13-17-11(8-23-13)14(19)18-5-6-22-12(7-18)15(20)21/h1-4,8,12H,5-7H2,(H,20,21)/t12-/m1/s1. The summed E-state index contributed by atoms with van der Waals surface area (Å²) in [5, 5.41) is 10.9. The van der Waals surface area contributed by atoms with Gasteiger partial charge in [0.15, 0.2) is 6.10 Å². The van der Waals surface area contributed by atoms with Crippen molar-refractivity contribution in [3.63, 3.8) is 0 Å². The molecule has 1 aliphatic heterocycles. The topological polar surface area (TPSA) is 79.7 Å². The first kappa shape index (κ1) is 15.6.